The molecule has 2 heterocycles. The number of benzene rings is 1. The van der Waals surface area contributed by atoms with Crippen molar-refractivity contribution in [1.29, 1.82) is 0 Å². The maximum absolute atomic E-state index is 13.2. The summed E-state index contributed by atoms with van der Waals surface area (Å²) in [5.41, 5.74) is 1.08. The second kappa shape index (κ2) is 10.5. The second-order valence-electron chi connectivity index (χ2n) is 7.17. The average Bonchev–Trinajstić information content (AvgIpc) is 3.22. The zero-order chi connectivity index (χ0) is 21.5. The number of fused-ring (bicyclic) bond motifs is 1. The number of hydrogen-bond acceptors (Lipinski definition) is 5. The third-order valence-corrected chi connectivity index (χ3v) is 6.07. The first kappa shape index (κ1) is 22.2. The first-order valence-corrected chi connectivity index (χ1v) is 10.9. The van der Waals surface area contributed by atoms with Crippen molar-refractivity contribution in [2.75, 3.05) is 40.0 Å². The van der Waals surface area contributed by atoms with Crippen molar-refractivity contribution in [3.05, 3.63) is 52.0 Å². The van der Waals surface area contributed by atoms with E-state index in [2.05, 4.69) is 0 Å². The number of carbonyl (C=O) groups is 2. The molecular weight excluding hydrogens is 407 g/mol. The molecule has 0 N–H and O–H groups in total. The van der Waals surface area contributed by atoms with E-state index < -0.39 is 0 Å². The van der Waals surface area contributed by atoms with Crippen LogP contribution in [0.25, 0.3) is 0 Å². The molecule has 0 aliphatic carbocycles. The molecule has 0 saturated carbocycles. The largest absolute Gasteiger partial charge is 0.491 e. The quantitative estimate of drug-likeness (QED) is 0.608. The fourth-order valence-electron chi connectivity index (χ4n) is 3.61. The molecule has 8 heteroatoms. The fourth-order valence-corrected chi connectivity index (χ4v) is 4.54. The highest BCUT2D eigenvalue weighted by atomic mass is 32.1. The van der Waals surface area contributed by atoms with Crippen LogP contribution >= 0.6 is 11.3 Å². The summed E-state index contributed by atoms with van der Waals surface area (Å²) in [7, 11) is 1.47. The molecule has 1 aliphatic heterocycles. The molecule has 2 aromatic rings. The fraction of sp³-hybridized carbons (Fsp3) is 0.455. The highest BCUT2D eigenvalue weighted by Crippen LogP contribution is 2.34. The van der Waals surface area contributed by atoms with E-state index in [0.717, 1.165) is 18.4 Å². The van der Waals surface area contributed by atoms with Gasteiger partial charge >= 0.3 is 0 Å². The second-order valence-corrected chi connectivity index (χ2v) is 8.17. The molecule has 0 spiro atoms. The van der Waals surface area contributed by atoms with Gasteiger partial charge in [-0.15, -0.1) is 11.3 Å². The topological polar surface area (TPSA) is 59.1 Å². The number of amides is 2. The predicted molar refractivity (Wildman–Crippen MR) is 113 cm³/mol. The standard InChI is InChI=1S/C22H27FN2O4S/c1-3-10-24(22(27)15-28-2)13-21(26)25-11-8-20-18(9-12-30-20)19(25)14-29-17-6-4-16(23)5-7-17/h4-7,9,12,19H,3,8,10-11,13-15H2,1-2H3. The summed E-state index contributed by atoms with van der Waals surface area (Å²) in [5.74, 6) is -0.0831. The molecule has 162 valence electrons. The normalized spacial score (nSPS) is 15.6. The number of ether oxygens (including phenoxy) is 2. The Bertz CT molecular complexity index is 855. The molecule has 1 aromatic heterocycles. The maximum Gasteiger partial charge on any atom is 0.249 e. The molecular formula is C22H27FN2O4S. The highest BCUT2D eigenvalue weighted by Gasteiger charge is 2.33. The first-order valence-electron chi connectivity index (χ1n) is 10.0. The SMILES string of the molecule is CCCN(CC(=O)N1CCc2sccc2C1COc1ccc(F)cc1)C(=O)COC. The molecule has 1 unspecified atom stereocenters. The lowest BCUT2D eigenvalue weighted by atomic mass is 10.0. The number of nitrogens with zero attached hydrogens (tertiary/aromatic N) is 2. The van der Waals surface area contributed by atoms with Crippen LogP contribution in [-0.2, 0) is 20.7 Å². The number of methoxy groups -OCH3 is 1. The van der Waals surface area contributed by atoms with E-state index in [9.17, 15) is 14.0 Å². The minimum atomic E-state index is -0.325. The molecule has 3 rings (SSSR count). The summed E-state index contributed by atoms with van der Waals surface area (Å²) in [4.78, 5) is 30.1. The van der Waals surface area contributed by atoms with Gasteiger partial charge in [-0.1, -0.05) is 6.92 Å². The zero-order valence-corrected chi connectivity index (χ0v) is 18.1. The van der Waals surface area contributed by atoms with Crippen LogP contribution < -0.4 is 4.74 Å². The van der Waals surface area contributed by atoms with Crippen LogP contribution in [0.4, 0.5) is 4.39 Å². The van der Waals surface area contributed by atoms with Gasteiger partial charge in [-0.2, -0.15) is 0 Å². The Kier molecular flexibility index (Phi) is 7.81. The van der Waals surface area contributed by atoms with Crippen molar-refractivity contribution in [2.24, 2.45) is 0 Å². The van der Waals surface area contributed by atoms with Crippen LogP contribution in [0.3, 0.4) is 0 Å². The summed E-state index contributed by atoms with van der Waals surface area (Å²) in [5, 5.41) is 2.02. The van der Waals surface area contributed by atoms with Gasteiger partial charge in [0.15, 0.2) is 0 Å². The van der Waals surface area contributed by atoms with Crippen LogP contribution in [0.15, 0.2) is 35.7 Å². The Morgan fingerprint density at radius 3 is 2.73 bits per heavy atom. The van der Waals surface area contributed by atoms with E-state index in [4.69, 9.17) is 9.47 Å². The third-order valence-electron chi connectivity index (χ3n) is 5.08. The minimum Gasteiger partial charge on any atom is -0.491 e. The van der Waals surface area contributed by atoms with Crippen molar-refractivity contribution in [2.45, 2.75) is 25.8 Å². The minimum absolute atomic E-state index is 0.0164. The van der Waals surface area contributed by atoms with E-state index in [1.807, 2.05) is 18.4 Å². The molecule has 1 atom stereocenters. The van der Waals surface area contributed by atoms with Gasteiger partial charge in [-0.05, 0) is 54.1 Å². The van der Waals surface area contributed by atoms with E-state index in [0.29, 0.717) is 18.8 Å². The Balaban J connectivity index is 1.74. The highest BCUT2D eigenvalue weighted by molar-refractivity contribution is 7.10. The third kappa shape index (κ3) is 5.37. The molecule has 0 fully saturated rings. The lowest BCUT2D eigenvalue weighted by Crippen LogP contribution is -2.48. The number of carbonyl (C=O) groups excluding carboxylic acids is 2. The summed E-state index contributed by atoms with van der Waals surface area (Å²) in [6.45, 7) is 3.28. The molecule has 1 aromatic carbocycles. The van der Waals surface area contributed by atoms with E-state index in [-0.39, 0.29) is 43.4 Å². The lowest BCUT2D eigenvalue weighted by molar-refractivity contribution is -0.144. The van der Waals surface area contributed by atoms with E-state index in [1.54, 1.807) is 33.3 Å². The summed E-state index contributed by atoms with van der Waals surface area (Å²) >= 11 is 1.68. The summed E-state index contributed by atoms with van der Waals surface area (Å²) < 4.78 is 24.0. The van der Waals surface area contributed by atoms with Crippen LogP contribution in [0.5, 0.6) is 5.75 Å². The predicted octanol–water partition coefficient (Wildman–Crippen LogP) is 3.28. The maximum atomic E-state index is 13.2. The monoisotopic (exact) mass is 434 g/mol. The Hall–Kier alpha value is -2.45. The van der Waals surface area contributed by atoms with Gasteiger partial charge in [0.2, 0.25) is 11.8 Å². The van der Waals surface area contributed by atoms with Gasteiger partial charge < -0.3 is 19.3 Å². The molecule has 0 radical (unpaired) electrons. The number of rotatable bonds is 9. The lowest BCUT2D eigenvalue weighted by Gasteiger charge is -2.37. The number of halogens is 1. The molecule has 6 nitrogen and oxygen atoms in total. The van der Waals surface area contributed by atoms with Gasteiger partial charge in [0.05, 0.1) is 12.6 Å². The van der Waals surface area contributed by atoms with E-state index in [1.165, 1.54) is 24.1 Å². The molecule has 30 heavy (non-hydrogen) atoms. The molecule has 1 aliphatic rings. The number of hydrogen-bond donors (Lipinski definition) is 0. The van der Waals surface area contributed by atoms with E-state index >= 15 is 0 Å². The van der Waals surface area contributed by atoms with Crippen molar-refractivity contribution < 1.29 is 23.5 Å². The zero-order valence-electron chi connectivity index (χ0n) is 17.3. The van der Waals surface area contributed by atoms with Crippen molar-refractivity contribution in [3.63, 3.8) is 0 Å². The summed E-state index contributed by atoms with van der Waals surface area (Å²) in [6, 6.07) is 7.62. The first-order chi connectivity index (χ1) is 14.5. The van der Waals surface area contributed by atoms with Crippen molar-refractivity contribution in [3.8, 4) is 5.75 Å². The van der Waals surface area contributed by atoms with Crippen molar-refractivity contribution >= 4 is 23.2 Å². The van der Waals surface area contributed by atoms with Gasteiger partial charge in [-0.3, -0.25) is 9.59 Å². The van der Waals surface area contributed by atoms with Crippen LogP contribution in [0.2, 0.25) is 0 Å². The number of thiophene rings is 1. The van der Waals surface area contributed by atoms with Crippen molar-refractivity contribution in [1.82, 2.24) is 9.80 Å². The smallest absolute Gasteiger partial charge is 0.249 e. The summed E-state index contributed by atoms with van der Waals surface area (Å²) in [6.07, 6.45) is 1.54. The molecule has 2 amide bonds. The van der Waals surface area contributed by atoms with Crippen LogP contribution in [0.1, 0.15) is 29.8 Å². The molecule has 0 bridgehead atoms. The van der Waals surface area contributed by atoms with Crippen LogP contribution in [0, 0.1) is 5.82 Å². The van der Waals surface area contributed by atoms with Gasteiger partial charge in [0.25, 0.3) is 0 Å². The van der Waals surface area contributed by atoms with Gasteiger partial charge in [0, 0.05) is 25.1 Å². The Labute approximate surface area is 180 Å². The van der Waals surface area contributed by atoms with Gasteiger partial charge in [0.1, 0.15) is 24.8 Å². The van der Waals surface area contributed by atoms with Crippen LogP contribution in [-0.4, -0.2) is 61.6 Å². The Morgan fingerprint density at radius 1 is 1.27 bits per heavy atom. The Morgan fingerprint density at radius 2 is 2.03 bits per heavy atom. The molecule has 0 saturated heterocycles. The van der Waals surface area contributed by atoms with Gasteiger partial charge in [-0.25, -0.2) is 4.39 Å². The average molecular weight is 435 g/mol.